The lowest BCUT2D eigenvalue weighted by molar-refractivity contribution is -0.178. The van der Waals surface area contributed by atoms with Crippen molar-refractivity contribution in [3.05, 3.63) is 0 Å². The van der Waals surface area contributed by atoms with E-state index < -0.39 is 11.5 Å². The number of hydrogen-bond acceptors (Lipinski definition) is 4. The van der Waals surface area contributed by atoms with Gasteiger partial charge in [-0.2, -0.15) is 0 Å². The smallest absolute Gasteiger partial charge is 0.316 e. The minimum absolute atomic E-state index is 0.303. The van der Waals surface area contributed by atoms with Gasteiger partial charge in [-0.05, 0) is 18.8 Å². The average molecular weight is 214 g/mol. The number of esters is 1. The molecule has 1 aliphatic carbocycles. The molecule has 2 atom stereocenters. The van der Waals surface area contributed by atoms with Crippen LogP contribution in [-0.2, 0) is 14.3 Å². The van der Waals surface area contributed by atoms with Crippen LogP contribution in [-0.4, -0.2) is 37.5 Å². The van der Waals surface area contributed by atoms with Crippen LogP contribution in [0, 0.1) is 11.3 Å². The Balaban J connectivity index is 2.14. The minimum atomic E-state index is -0.797. The molecule has 1 heterocycles. The van der Waals surface area contributed by atoms with Gasteiger partial charge in [0.15, 0.2) is 0 Å². The van der Waals surface area contributed by atoms with Gasteiger partial charge in [0.1, 0.15) is 5.41 Å². The molecule has 4 heteroatoms. The molecule has 0 aromatic heterocycles. The monoisotopic (exact) mass is 214 g/mol. The molecule has 4 nitrogen and oxygen atoms in total. The quantitative estimate of drug-likeness (QED) is 0.704. The van der Waals surface area contributed by atoms with E-state index in [1.54, 1.807) is 0 Å². The van der Waals surface area contributed by atoms with Crippen molar-refractivity contribution >= 4 is 5.97 Å². The maximum Gasteiger partial charge on any atom is 0.316 e. The van der Waals surface area contributed by atoms with Gasteiger partial charge < -0.3 is 14.6 Å². The fraction of sp³-hybridized carbons (Fsp3) is 0.909. The number of carbonyl (C=O) groups is 1. The third-order valence-electron chi connectivity index (χ3n) is 3.47. The molecule has 1 saturated heterocycles. The van der Waals surface area contributed by atoms with Crippen molar-refractivity contribution in [2.75, 3.05) is 20.3 Å². The zero-order valence-corrected chi connectivity index (χ0v) is 9.07. The maximum atomic E-state index is 11.8. The zero-order valence-electron chi connectivity index (χ0n) is 9.07. The van der Waals surface area contributed by atoms with E-state index in [-0.39, 0.29) is 5.97 Å². The van der Waals surface area contributed by atoms with Crippen molar-refractivity contribution in [3.63, 3.8) is 0 Å². The van der Waals surface area contributed by atoms with Crippen LogP contribution in [0.4, 0.5) is 0 Å². The van der Waals surface area contributed by atoms with Gasteiger partial charge in [0.05, 0.1) is 19.8 Å². The molecule has 0 bridgehead atoms. The van der Waals surface area contributed by atoms with Gasteiger partial charge in [0, 0.05) is 6.61 Å². The molecular formula is C11H18O4. The van der Waals surface area contributed by atoms with Crippen LogP contribution in [0.1, 0.15) is 25.7 Å². The molecule has 2 rings (SSSR count). The van der Waals surface area contributed by atoms with Crippen LogP contribution >= 0.6 is 0 Å². The molecule has 0 aromatic rings. The zero-order chi connectivity index (χ0) is 10.9. The molecule has 1 N–H and O–H groups in total. The highest BCUT2D eigenvalue weighted by Crippen LogP contribution is 2.44. The fourth-order valence-corrected chi connectivity index (χ4v) is 2.34. The van der Waals surface area contributed by atoms with Crippen LogP contribution in [0.3, 0.4) is 0 Å². The Morgan fingerprint density at radius 3 is 2.80 bits per heavy atom. The van der Waals surface area contributed by atoms with E-state index in [9.17, 15) is 9.90 Å². The lowest BCUT2D eigenvalue weighted by Gasteiger charge is -2.38. The number of hydrogen-bond donors (Lipinski definition) is 1. The Kier molecular flexibility index (Phi) is 2.98. The van der Waals surface area contributed by atoms with Gasteiger partial charge in [0.2, 0.25) is 0 Å². The standard InChI is InChI=1S/C11H18O4/c1-14-10(13)11(6-8-2-3-8)7-15-5-4-9(11)12/h8-9,12H,2-7H2,1H3. The Hall–Kier alpha value is -0.610. The Bertz CT molecular complexity index is 249. The van der Waals surface area contributed by atoms with Crippen molar-refractivity contribution in [2.24, 2.45) is 11.3 Å². The van der Waals surface area contributed by atoms with E-state index in [2.05, 4.69) is 0 Å². The van der Waals surface area contributed by atoms with Crippen LogP contribution in [0.5, 0.6) is 0 Å². The van der Waals surface area contributed by atoms with Gasteiger partial charge in [-0.25, -0.2) is 0 Å². The number of aliphatic hydroxyl groups is 1. The summed E-state index contributed by atoms with van der Waals surface area (Å²) in [7, 11) is 1.37. The molecule has 2 aliphatic rings. The lowest BCUT2D eigenvalue weighted by atomic mass is 9.75. The number of carbonyl (C=O) groups excluding carboxylic acids is 1. The highest BCUT2D eigenvalue weighted by Gasteiger charge is 2.51. The van der Waals surface area contributed by atoms with Crippen molar-refractivity contribution in [2.45, 2.75) is 31.8 Å². The van der Waals surface area contributed by atoms with E-state index >= 15 is 0 Å². The molecule has 0 amide bonds. The first-order valence-corrected chi connectivity index (χ1v) is 5.53. The summed E-state index contributed by atoms with van der Waals surface area (Å²) < 4.78 is 10.2. The van der Waals surface area contributed by atoms with Crippen LogP contribution in [0.15, 0.2) is 0 Å². The number of ether oxygens (including phenoxy) is 2. The molecule has 0 spiro atoms. The highest BCUT2D eigenvalue weighted by molar-refractivity contribution is 5.78. The Labute approximate surface area is 89.6 Å². The van der Waals surface area contributed by atoms with Gasteiger partial charge in [-0.1, -0.05) is 12.8 Å². The summed E-state index contributed by atoms with van der Waals surface area (Å²) in [6.45, 7) is 0.835. The summed E-state index contributed by atoms with van der Waals surface area (Å²) in [5.41, 5.74) is -0.797. The SMILES string of the molecule is COC(=O)C1(CC2CC2)COCCC1O. The molecular weight excluding hydrogens is 196 g/mol. The van der Waals surface area contributed by atoms with Gasteiger partial charge in [-0.15, -0.1) is 0 Å². The maximum absolute atomic E-state index is 11.8. The van der Waals surface area contributed by atoms with E-state index in [1.165, 1.54) is 7.11 Å². The highest BCUT2D eigenvalue weighted by atomic mass is 16.5. The number of methoxy groups -OCH3 is 1. The van der Waals surface area contributed by atoms with E-state index in [0.717, 1.165) is 12.8 Å². The topological polar surface area (TPSA) is 55.8 Å². The molecule has 2 unspecified atom stereocenters. The normalized spacial score (nSPS) is 36.3. The first-order valence-electron chi connectivity index (χ1n) is 5.53. The van der Waals surface area contributed by atoms with Crippen molar-refractivity contribution < 1.29 is 19.4 Å². The first-order chi connectivity index (χ1) is 7.19. The van der Waals surface area contributed by atoms with Crippen molar-refractivity contribution in [1.29, 1.82) is 0 Å². The Morgan fingerprint density at radius 1 is 1.53 bits per heavy atom. The molecule has 0 aromatic carbocycles. The summed E-state index contributed by atoms with van der Waals surface area (Å²) in [5.74, 6) is 0.252. The predicted molar refractivity (Wildman–Crippen MR) is 53.2 cm³/mol. The predicted octanol–water partition coefficient (Wildman–Crippen LogP) is 0.727. The van der Waals surface area contributed by atoms with Crippen molar-refractivity contribution in [3.8, 4) is 0 Å². The average Bonchev–Trinajstić information content (AvgIpc) is 3.04. The second-order valence-electron chi connectivity index (χ2n) is 4.65. The molecule has 1 aliphatic heterocycles. The molecule has 2 fully saturated rings. The lowest BCUT2D eigenvalue weighted by Crippen LogP contribution is -2.50. The van der Waals surface area contributed by atoms with E-state index in [1.807, 2.05) is 0 Å². The van der Waals surface area contributed by atoms with E-state index in [4.69, 9.17) is 9.47 Å². The third-order valence-corrected chi connectivity index (χ3v) is 3.47. The molecule has 86 valence electrons. The Morgan fingerprint density at radius 2 is 2.27 bits per heavy atom. The number of aliphatic hydroxyl groups excluding tert-OH is 1. The summed E-state index contributed by atoms with van der Waals surface area (Å²) in [5, 5.41) is 10.0. The summed E-state index contributed by atoms with van der Waals surface area (Å²) in [6.07, 6.45) is 2.94. The van der Waals surface area contributed by atoms with Gasteiger partial charge in [0.25, 0.3) is 0 Å². The van der Waals surface area contributed by atoms with Gasteiger partial charge in [-0.3, -0.25) is 4.79 Å². The van der Waals surface area contributed by atoms with Gasteiger partial charge >= 0.3 is 5.97 Å². The fourth-order valence-electron chi connectivity index (χ4n) is 2.34. The second-order valence-corrected chi connectivity index (χ2v) is 4.65. The van der Waals surface area contributed by atoms with Crippen LogP contribution in [0.25, 0.3) is 0 Å². The molecule has 15 heavy (non-hydrogen) atoms. The summed E-state index contributed by atoms with van der Waals surface area (Å²) in [4.78, 5) is 11.8. The van der Waals surface area contributed by atoms with E-state index in [0.29, 0.717) is 32.0 Å². The van der Waals surface area contributed by atoms with Crippen molar-refractivity contribution in [1.82, 2.24) is 0 Å². The number of rotatable bonds is 3. The minimum Gasteiger partial charge on any atom is -0.468 e. The largest absolute Gasteiger partial charge is 0.468 e. The van der Waals surface area contributed by atoms with Crippen LogP contribution < -0.4 is 0 Å². The summed E-state index contributed by atoms with van der Waals surface area (Å²) >= 11 is 0. The molecule has 1 saturated carbocycles. The first kappa shape index (κ1) is 10.9. The molecule has 0 radical (unpaired) electrons. The van der Waals surface area contributed by atoms with Crippen LogP contribution in [0.2, 0.25) is 0 Å². The third kappa shape index (κ3) is 2.01. The second kappa shape index (κ2) is 4.10. The summed E-state index contributed by atoms with van der Waals surface area (Å²) in [6, 6.07) is 0.